The molecule has 1 aliphatic rings. The number of hydrogen-bond donors (Lipinski definition) is 2. The molecular formula is C15H23N3O2. The maximum atomic E-state index is 11.4. The van der Waals surface area contributed by atoms with Gasteiger partial charge in [-0.1, -0.05) is 26.2 Å². The van der Waals surface area contributed by atoms with Gasteiger partial charge in [0.25, 0.3) is 0 Å². The zero-order valence-corrected chi connectivity index (χ0v) is 12.4. The van der Waals surface area contributed by atoms with Crippen molar-refractivity contribution in [2.24, 2.45) is 11.8 Å². The average Bonchev–Trinajstić information content (AvgIpc) is 2.41. The van der Waals surface area contributed by atoms with Crippen molar-refractivity contribution in [1.82, 2.24) is 10.2 Å². The van der Waals surface area contributed by atoms with Gasteiger partial charge in [0.05, 0.1) is 5.69 Å². The highest BCUT2D eigenvalue weighted by atomic mass is 16.4. The Balaban J connectivity index is 2.13. The van der Waals surface area contributed by atoms with Crippen molar-refractivity contribution in [3.63, 3.8) is 0 Å². The number of nitrogens with zero attached hydrogens (tertiary/aromatic N) is 2. The molecular weight excluding hydrogens is 254 g/mol. The highest BCUT2D eigenvalue weighted by molar-refractivity contribution is 5.94. The number of nitrogens with one attached hydrogen (secondary N) is 1. The Bertz CT molecular complexity index is 502. The molecule has 2 rings (SSSR count). The summed E-state index contributed by atoms with van der Waals surface area (Å²) in [4.78, 5) is 11.4. The number of rotatable bonds is 4. The van der Waals surface area contributed by atoms with Crippen LogP contribution in [0.3, 0.4) is 0 Å². The molecule has 0 amide bonds. The molecule has 1 heterocycles. The van der Waals surface area contributed by atoms with Gasteiger partial charge in [-0.3, -0.25) is 0 Å². The molecule has 0 aromatic carbocycles. The lowest BCUT2D eigenvalue weighted by Gasteiger charge is -2.29. The number of aryl methyl sites for hydroxylation is 1. The number of carboxylic acids is 1. The third kappa shape index (κ3) is 3.08. The molecule has 1 aliphatic carbocycles. The van der Waals surface area contributed by atoms with E-state index < -0.39 is 5.97 Å². The van der Waals surface area contributed by atoms with Crippen LogP contribution in [-0.2, 0) is 0 Å². The molecule has 0 saturated heterocycles. The summed E-state index contributed by atoms with van der Waals surface area (Å²) in [6, 6.07) is 0. The van der Waals surface area contributed by atoms with Crippen LogP contribution in [0.2, 0.25) is 0 Å². The Kier molecular flexibility index (Phi) is 4.57. The van der Waals surface area contributed by atoms with E-state index in [0.29, 0.717) is 28.9 Å². The Morgan fingerprint density at radius 2 is 2.00 bits per heavy atom. The van der Waals surface area contributed by atoms with Crippen LogP contribution in [0.4, 0.5) is 5.82 Å². The van der Waals surface area contributed by atoms with Crippen molar-refractivity contribution in [3.05, 3.63) is 16.8 Å². The Hall–Kier alpha value is -1.65. The summed E-state index contributed by atoms with van der Waals surface area (Å²) < 4.78 is 0. The maximum Gasteiger partial charge on any atom is 0.339 e. The normalized spacial score (nSPS) is 22.6. The second-order valence-electron chi connectivity index (χ2n) is 5.84. The fourth-order valence-electron chi connectivity index (χ4n) is 2.92. The monoisotopic (exact) mass is 277 g/mol. The fourth-order valence-corrected chi connectivity index (χ4v) is 2.92. The zero-order chi connectivity index (χ0) is 14.7. The van der Waals surface area contributed by atoms with E-state index in [4.69, 9.17) is 0 Å². The molecule has 110 valence electrons. The quantitative estimate of drug-likeness (QED) is 0.884. The maximum absolute atomic E-state index is 11.4. The van der Waals surface area contributed by atoms with E-state index in [0.717, 1.165) is 6.54 Å². The van der Waals surface area contributed by atoms with Crippen LogP contribution in [0.25, 0.3) is 0 Å². The van der Waals surface area contributed by atoms with Gasteiger partial charge in [0.15, 0.2) is 5.82 Å². The molecule has 0 radical (unpaired) electrons. The minimum Gasteiger partial charge on any atom is -0.478 e. The average molecular weight is 277 g/mol. The molecule has 1 saturated carbocycles. The summed E-state index contributed by atoms with van der Waals surface area (Å²) in [6.45, 7) is 6.61. The van der Waals surface area contributed by atoms with Crippen LogP contribution in [0, 0.1) is 25.7 Å². The first-order chi connectivity index (χ1) is 9.50. The van der Waals surface area contributed by atoms with Crippen molar-refractivity contribution < 1.29 is 9.90 Å². The lowest BCUT2D eigenvalue weighted by atomic mass is 9.80. The van der Waals surface area contributed by atoms with Gasteiger partial charge in [-0.25, -0.2) is 4.79 Å². The predicted molar refractivity (Wildman–Crippen MR) is 78.1 cm³/mol. The molecule has 2 atom stereocenters. The molecule has 1 aromatic heterocycles. The first kappa shape index (κ1) is 14.8. The number of carbonyl (C=O) groups is 1. The van der Waals surface area contributed by atoms with Crippen LogP contribution in [0.5, 0.6) is 0 Å². The van der Waals surface area contributed by atoms with Gasteiger partial charge >= 0.3 is 5.97 Å². The molecule has 1 fully saturated rings. The van der Waals surface area contributed by atoms with Gasteiger partial charge in [0.2, 0.25) is 0 Å². The molecule has 1 aromatic rings. The largest absolute Gasteiger partial charge is 0.478 e. The molecule has 5 heteroatoms. The van der Waals surface area contributed by atoms with Crippen LogP contribution >= 0.6 is 0 Å². The van der Waals surface area contributed by atoms with Crippen LogP contribution in [0.15, 0.2) is 0 Å². The third-order valence-corrected chi connectivity index (χ3v) is 4.49. The first-order valence-electron chi connectivity index (χ1n) is 7.31. The Morgan fingerprint density at radius 3 is 2.65 bits per heavy atom. The smallest absolute Gasteiger partial charge is 0.339 e. The van der Waals surface area contributed by atoms with Crippen molar-refractivity contribution in [2.75, 3.05) is 11.9 Å². The van der Waals surface area contributed by atoms with E-state index in [-0.39, 0.29) is 5.56 Å². The summed E-state index contributed by atoms with van der Waals surface area (Å²) >= 11 is 0. The third-order valence-electron chi connectivity index (χ3n) is 4.49. The van der Waals surface area contributed by atoms with Gasteiger partial charge in [0, 0.05) is 6.54 Å². The van der Waals surface area contributed by atoms with E-state index in [1.165, 1.54) is 25.7 Å². The molecule has 5 nitrogen and oxygen atoms in total. The van der Waals surface area contributed by atoms with E-state index in [1.807, 2.05) is 0 Å². The van der Waals surface area contributed by atoms with Gasteiger partial charge in [-0.2, -0.15) is 5.10 Å². The summed E-state index contributed by atoms with van der Waals surface area (Å²) in [5.41, 5.74) is 1.60. The minimum absolute atomic E-state index is 0.251. The molecule has 0 aliphatic heterocycles. The number of hydrogen-bond acceptors (Lipinski definition) is 4. The lowest BCUT2D eigenvalue weighted by Crippen LogP contribution is -2.25. The van der Waals surface area contributed by atoms with Crippen LogP contribution in [-0.4, -0.2) is 27.8 Å². The SMILES string of the molecule is Cc1nnc(NCC2CCCCC2C)c(C(=O)O)c1C. The van der Waals surface area contributed by atoms with E-state index in [9.17, 15) is 9.90 Å². The van der Waals surface area contributed by atoms with Gasteiger partial charge in [0.1, 0.15) is 5.56 Å². The van der Waals surface area contributed by atoms with Crippen LogP contribution in [0.1, 0.15) is 54.2 Å². The molecule has 2 N–H and O–H groups in total. The minimum atomic E-state index is -0.945. The standard InChI is InChI=1S/C15H23N3O2/c1-9-6-4-5-7-12(9)8-16-14-13(15(19)20)10(2)11(3)17-18-14/h9,12H,4-8H2,1-3H3,(H,16,18)(H,19,20). The van der Waals surface area contributed by atoms with Gasteiger partial charge in [-0.15, -0.1) is 5.10 Å². The van der Waals surface area contributed by atoms with E-state index in [2.05, 4.69) is 22.4 Å². The van der Waals surface area contributed by atoms with E-state index in [1.54, 1.807) is 13.8 Å². The number of aromatic carboxylic acids is 1. The second kappa shape index (κ2) is 6.20. The topological polar surface area (TPSA) is 75.1 Å². The Morgan fingerprint density at radius 1 is 1.30 bits per heavy atom. The van der Waals surface area contributed by atoms with Crippen LogP contribution < -0.4 is 5.32 Å². The van der Waals surface area contributed by atoms with Crippen molar-refractivity contribution >= 4 is 11.8 Å². The highest BCUT2D eigenvalue weighted by Gasteiger charge is 2.23. The number of aromatic nitrogens is 2. The number of anilines is 1. The molecule has 2 unspecified atom stereocenters. The fraction of sp³-hybridized carbons (Fsp3) is 0.667. The van der Waals surface area contributed by atoms with Crippen molar-refractivity contribution in [1.29, 1.82) is 0 Å². The highest BCUT2D eigenvalue weighted by Crippen LogP contribution is 2.30. The van der Waals surface area contributed by atoms with Crippen molar-refractivity contribution in [2.45, 2.75) is 46.5 Å². The van der Waals surface area contributed by atoms with Gasteiger partial charge < -0.3 is 10.4 Å². The summed E-state index contributed by atoms with van der Waals surface area (Å²) in [7, 11) is 0. The van der Waals surface area contributed by atoms with E-state index >= 15 is 0 Å². The summed E-state index contributed by atoms with van der Waals surface area (Å²) in [6.07, 6.45) is 5.04. The lowest BCUT2D eigenvalue weighted by molar-refractivity contribution is 0.0696. The first-order valence-corrected chi connectivity index (χ1v) is 7.31. The Labute approximate surface area is 119 Å². The summed E-state index contributed by atoms with van der Waals surface area (Å²) in [5.74, 6) is 0.732. The van der Waals surface area contributed by atoms with Gasteiger partial charge in [-0.05, 0) is 37.7 Å². The van der Waals surface area contributed by atoms with Crippen molar-refractivity contribution in [3.8, 4) is 0 Å². The molecule has 20 heavy (non-hydrogen) atoms. The second-order valence-corrected chi connectivity index (χ2v) is 5.84. The zero-order valence-electron chi connectivity index (χ0n) is 12.4. The summed E-state index contributed by atoms with van der Waals surface area (Å²) in [5, 5.41) is 20.6. The molecule has 0 bridgehead atoms. The predicted octanol–water partition coefficient (Wildman–Crippen LogP) is 3.03. The number of carboxylic acid groups (broad SMARTS) is 1. The molecule has 0 spiro atoms.